The van der Waals surface area contributed by atoms with E-state index in [1.54, 1.807) is 30.3 Å². The number of hydrogen-bond donors (Lipinski definition) is 1. The van der Waals surface area contributed by atoms with Crippen LogP contribution in [-0.4, -0.2) is 9.91 Å². The minimum absolute atomic E-state index is 0.0351. The summed E-state index contributed by atoms with van der Waals surface area (Å²) in [7, 11) is 0. The molecule has 0 saturated heterocycles. The molecule has 1 heterocycles. The van der Waals surface area contributed by atoms with Crippen molar-refractivity contribution >= 4 is 16.6 Å². The summed E-state index contributed by atoms with van der Waals surface area (Å²) in [5, 5.41) is 21.6. The molecule has 124 valence electrons. The van der Waals surface area contributed by atoms with Gasteiger partial charge in [-0.15, -0.1) is 0 Å². The Kier molecular flexibility index (Phi) is 3.71. The number of nitro benzene ring substituents is 1. The molecular formula is C21H13N3O2. The van der Waals surface area contributed by atoms with Crippen LogP contribution in [0.2, 0.25) is 0 Å². The molecule has 26 heavy (non-hydrogen) atoms. The van der Waals surface area contributed by atoms with Gasteiger partial charge in [-0.2, -0.15) is 5.26 Å². The highest BCUT2D eigenvalue weighted by molar-refractivity contribution is 6.05. The average molecular weight is 339 g/mol. The summed E-state index contributed by atoms with van der Waals surface area (Å²) in [6.45, 7) is 0. The molecule has 4 aromatic rings. The van der Waals surface area contributed by atoms with Crippen molar-refractivity contribution in [3.63, 3.8) is 0 Å². The molecule has 0 aliphatic carbocycles. The van der Waals surface area contributed by atoms with E-state index in [1.165, 1.54) is 6.07 Å². The van der Waals surface area contributed by atoms with Crippen molar-refractivity contribution in [1.82, 2.24) is 4.98 Å². The van der Waals surface area contributed by atoms with E-state index in [0.717, 1.165) is 27.7 Å². The third-order valence-electron chi connectivity index (χ3n) is 4.36. The lowest BCUT2D eigenvalue weighted by Gasteiger charge is -2.06. The fourth-order valence-corrected chi connectivity index (χ4v) is 3.21. The lowest BCUT2D eigenvalue weighted by molar-refractivity contribution is -0.384. The Morgan fingerprint density at radius 3 is 2.42 bits per heavy atom. The predicted molar refractivity (Wildman–Crippen MR) is 101 cm³/mol. The van der Waals surface area contributed by atoms with Crippen molar-refractivity contribution in [3.8, 4) is 28.5 Å². The molecule has 0 atom stereocenters. The summed E-state index contributed by atoms with van der Waals surface area (Å²) >= 11 is 0. The van der Waals surface area contributed by atoms with Crippen molar-refractivity contribution in [3.05, 3.63) is 88.5 Å². The number of para-hydroxylation sites is 1. The Balaban J connectivity index is 2.13. The zero-order valence-corrected chi connectivity index (χ0v) is 13.6. The van der Waals surface area contributed by atoms with Gasteiger partial charge in [0.15, 0.2) is 0 Å². The van der Waals surface area contributed by atoms with Crippen molar-refractivity contribution < 1.29 is 4.92 Å². The number of fused-ring (bicyclic) bond motifs is 1. The number of hydrogen-bond acceptors (Lipinski definition) is 3. The average Bonchev–Trinajstić information content (AvgIpc) is 3.07. The maximum absolute atomic E-state index is 11.6. The molecule has 0 bridgehead atoms. The van der Waals surface area contributed by atoms with Crippen LogP contribution in [0.1, 0.15) is 5.56 Å². The van der Waals surface area contributed by atoms with Crippen LogP contribution in [0.25, 0.3) is 33.3 Å². The number of nitrogens with one attached hydrogen (secondary N) is 1. The molecule has 0 saturated carbocycles. The molecule has 3 aromatic carbocycles. The second-order valence-corrected chi connectivity index (χ2v) is 5.89. The standard InChI is InChI=1S/C21H13N3O2/c22-13-14-10-11-18-17(12-14)20(16-8-4-5-9-19(16)24(25)26)21(23-18)15-6-2-1-3-7-15/h1-12,23H. The molecule has 0 amide bonds. The zero-order valence-electron chi connectivity index (χ0n) is 13.6. The number of aromatic amines is 1. The molecule has 1 N–H and O–H groups in total. The first kappa shape index (κ1) is 15.6. The molecule has 0 spiro atoms. The van der Waals surface area contributed by atoms with Crippen molar-refractivity contribution in [1.29, 1.82) is 5.26 Å². The SMILES string of the molecule is N#Cc1ccc2[nH]c(-c3ccccc3)c(-c3ccccc3[N+](=O)[O-])c2c1. The Labute approximate surface area is 149 Å². The van der Waals surface area contributed by atoms with Gasteiger partial charge in [0.05, 0.1) is 27.8 Å². The number of nitriles is 1. The quantitative estimate of drug-likeness (QED) is 0.407. The molecule has 5 nitrogen and oxygen atoms in total. The van der Waals surface area contributed by atoms with Crippen molar-refractivity contribution in [2.75, 3.05) is 0 Å². The normalized spacial score (nSPS) is 10.6. The molecule has 0 unspecified atom stereocenters. The highest BCUT2D eigenvalue weighted by atomic mass is 16.6. The second-order valence-electron chi connectivity index (χ2n) is 5.89. The van der Waals surface area contributed by atoms with Gasteiger partial charge in [-0.3, -0.25) is 10.1 Å². The van der Waals surface area contributed by atoms with E-state index in [0.29, 0.717) is 11.1 Å². The molecule has 1 aromatic heterocycles. The first-order chi connectivity index (χ1) is 12.7. The maximum atomic E-state index is 11.6. The molecule has 0 radical (unpaired) electrons. The van der Waals surface area contributed by atoms with Crippen LogP contribution >= 0.6 is 0 Å². The van der Waals surface area contributed by atoms with Crippen molar-refractivity contribution in [2.24, 2.45) is 0 Å². The highest BCUT2D eigenvalue weighted by Gasteiger charge is 2.22. The smallest absolute Gasteiger partial charge is 0.277 e. The van der Waals surface area contributed by atoms with Crippen LogP contribution in [0.15, 0.2) is 72.8 Å². The molecule has 5 heteroatoms. The van der Waals surface area contributed by atoms with Gasteiger partial charge in [0.25, 0.3) is 5.69 Å². The first-order valence-corrected chi connectivity index (χ1v) is 8.04. The van der Waals surface area contributed by atoms with Gasteiger partial charge in [-0.05, 0) is 29.8 Å². The van der Waals surface area contributed by atoms with Crippen LogP contribution in [0.5, 0.6) is 0 Å². The fourth-order valence-electron chi connectivity index (χ4n) is 3.21. The van der Waals surface area contributed by atoms with E-state index < -0.39 is 0 Å². The summed E-state index contributed by atoms with van der Waals surface area (Å²) in [6.07, 6.45) is 0. The van der Waals surface area contributed by atoms with E-state index in [9.17, 15) is 15.4 Å². The predicted octanol–water partition coefficient (Wildman–Crippen LogP) is 5.28. The molecule has 0 aliphatic heterocycles. The third-order valence-corrected chi connectivity index (χ3v) is 4.36. The van der Waals surface area contributed by atoms with Gasteiger partial charge in [0.1, 0.15) is 0 Å². The van der Waals surface area contributed by atoms with Crippen LogP contribution in [0.4, 0.5) is 5.69 Å². The van der Waals surface area contributed by atoms with E-state index in [1.807, 2.05) is 36.4 Å². The topological polar surface area (TPSA) is 82.7 Å². The third kappa shape index (κ3) is 2.50. The minimum Gasteiger partial charge on any atom is -0.354 e. The highest BCUT2D eigenvalue weighted by Crippen LogP contribution is 2.42. The Hall–Kier alpha value is -3.91. The van der Waals surface area contributed by atoms with Gasteiger partial charge in [0, 0.05) is 22.5 Å². The van der Waals surface area contributed by atoms with E-state index >= 15 is 0 Å². The van der Waals surface area contributed by atoms with E-state index in [-0.39, 0.29) is 10.6 Å². The Morgan fingerprint density at radius 2 is 1.69 bits per heavy atom. The molecular weight excluding hydrogens is 326 g/mol. The molecule has 4 rings (SSSR count). The second kappa shape index (κ2) is 6.19. The minimum atomic E-state index is -0.378. The molecule has 0 aliphatic rings. The Morgan fingerprint density at radius 1 is 0.962 bits per heavy atom. The lowest BCUT2D eigenvalue weighted by Crippen LogP contribution is -1.92. The molecule has 0 fully saturated rings. The summed E-state index contributed by atoms with van der Waals surface area (Å²) < 4.78 is 0. The van der Waals surface area contributed by atoms with E-state index in [4.69, 9.17) is 0 Å². The monoisotopic (exact) mass is 339 g/mol. The maximum Gasteiger partial charge on any atom is 0.277 e. The lowest BCUT2D eigenvalue weighted by atomic mass is 9.96. The zero-order chi connectivity index (χ0) is 18.1. The van der Waals surface area contributed by atoms with Gasteiger partial charge in [-0.1, -0.05) is 42.5 Å². The van der Waals surface area contributed by atoms with Gasteiger partial charge in [-0.25, -0.2) is 0 Å². The summed E-state index contributed by atoms with van der Waals surface area (Å²) in [5.74, 6) is 0. The first-order valence-electron chi connectivity index (χ1n) is 8.04. The van der Waals surface area contributed by atoms with Crippen LogP contribution in [0, 0.1) is 21.4 Å². The summed E-state index contributed by atoms with van der Waals surface area (Å²) in [6, 6.07) is 23.8. The fraction of sp³-hybridized carbons (Fsp3) is 0. The van der Waals surface area contributed by atoms with Crippen molar-refractivity contribution in [2.45, 2.75) is 0 Å². The van der Waals surface area contributed by atoms with Crippen LogP contribution in [-0.2, 0) is 0 Å². The van der Waals surface area contributed by atoms with Gasteiger partial charge < -0.3 is 4.98 Å². The number of nitro groups is 1. The van der Waals surface area contributed by atoms with Crippen LogP contribution < -0.4 is 0 Å². The number of H-pyrrole nitrogens is 1. The van der Waals surface area contributed by atoms with Crippen LogP contribution in [0.3, 0.4) is 0 Å². The number of rotatable bonds is 3. The summed E-state index contributed by atoms with van der Waals surface area (Å²) in [5.41, 5.74) is 4.36. The number of benzene rings is 3. The summed E-state index contributed by atoms with van der Waals surface area (Å²) in [4.78, 5) is 14.6. The van der Waals surface area contributed by atoms with E-state index in [2.05, 4.69) is 11.1 Å². The largest absolute Gasteiger partial charge is 0.354 e. The number of aromatic nitrogens is 1. The number of nitrogens with zero attached hydrogens (tertiary/aromatic N) is 2. The van der Waals surface area contributed by atoms with Gasteiger partial charge >= 0.3 is 0 Å². The van der Waals surface area contributed by atoms with Gasteiger partial charge in [0.2, 0.25) is 0 Å². The Bertz CT molecular complexity index is 1170.